The molecule has 0 radical (unpaired) electrons. The average Bonchev–Trinajstić information content (AvgIpc) is 2.60. The number of rotatable bonds is 3. The fourth-order valence-electron chi connectivity index (χ4n) is 1.69. The maximum Gasteiger partial charge on any atom is 0.248 e. The molecule has 1 atom stereocenters. The molecule has 5 heteroatoms. The minimum absolute atomic E-state index is 0.0851. The molecule has 0 bridgehead atoms. The Kier molecular flexibility index (Phi) is 3.12. The van der Waals surface area contributed by atoms with Gasteiger partial charge in [0.25, 0.3) is 0 Å². The molecule has 1 heterocycles. The van der Waals surface area contributed by atoms with Gasteiger partial charge in [-0.25, -0.2) is 8.78 Å². The molecule has 2 rings (SSSR count). The summed E-state index contributed by atoms with van der Waals surface area (Å²) in [6.07, 6.45) is -2.46. The van der Waals surface area contributed by atoms with Crippen LogP contribution in [0, 0.1) is 0 Å². The maximum atomic E-state index is 12.7. The van der Waals surface area contributed by atoms with Crippen LogP contribution in [0.5, 0.6) is 0 Å². The third kappa shape index (κ3) is 2.03. The van der Waals surface area contributed by atoms with E-state index in [1.54, 1.807) is 24.3 Å². The van der Waals surface area contributed by atoms with Crippen LogP contribution in [0.25, 0.3) is 10.9 Å². The Balaban J connectivity index is 2.45. The van der Waals surface area contributed by atoms with Crippen LogP contribution in [-0.2, 0) is 0 Å². The molecule has 0 fully saturated rings. The van der Waals surface area contributed by atoms with Gasteiger partial charge in [-0.05, 0) is 24.3 Å². The second kappa shape index (κ2) is 4.39. The number of hydrogen-bond donors (Lipinski definition) is 2. The first-order chi connectivity index (χ1) is 7.61. The van der Waals surface area contributed by atoms with Gasteiger partial charge in [-0.1, -0.05) is 11.6 Å². The van der Waals surface area contributed by atoms with Gasteiger partial charge in [0.1, 0.15) is 0 Å². The third-order valence-corrected chi connectivity index (χ3v) is 2.80. The van der Waals surface area contributed by atoms with Gasteiger partial charge in [0.2, 0.25) is 6.43 Å². The lowest BCUT2D eigenvalue weighted by molar-refractivity contribution is 0.115. The molecule has 0 saturated carbocycles. The fourth-order valence-corrected chi connectivity index (χ4v) is 1.87. The van der Waals surface area contributed by atoms with Gasteiger partial charge in [0, 0.05) is 28.2 Å². The lowest BCUT2D eigenvalue weighted by Crippen LogP contribution is -2.19. The Morgan fingerprint density at radius 1 is 1.31 bits per heavy atom. The summed E-state index contributed by atoms with van der Waals surface area (Å²) >= 11 is 5.82. The van der Waals surface area contributed by atoms with Crippen molar-refractivity contribution < 1.29 is 8.78 Å². The molecule has 3 N–H and O–H groups in total. The molecule has 86 valence electrons. The van der Waals surface area contributed by atoms with E-state index in [-0.39, 0.29) is 6.54 Å². The Morgan fingerprint density at radius 3 is 2.69 bits per heavy atom. The van der Waals surface area contributed by atoms with Crippen molar-refractivity contribution in [3.05, 3.63) is 35.0 Å². The fraction of sp³-hybridized carbons (Fsp3) is 0.273. The highest BCUT2D eigenvalue weighted by atomic mass is 35.5. The summed E-state index contributed by atoms with van der Waals surface area (Å²) in [5.74, 6) is -0.953. The van der Waals surface area contributed by atoms with Crippen molar-refractivity contribution in [3.63, 3.8) is 0 Å². The molecule has 0 amide bonds. The van der Waals surface area contributed by atoms with Gasteiger partial charge < -0.3 is 10.7 Å². The quantitative estimate of drug-likeness (QED) is 0.856. The molecule has 1 aromatic carbocycles. The molecular weight excluding hydrogens is 234 g/mol. The van der Waals surface area contributed by atoms with E-state index in [2.05, 4.69) is 4.98 Å². The molecule has 0 saturated heterocycles. The summed E-state index contributed by atoms with van der Waals surface area (Å²) in [5, 5.41) is 1.40. The lowest BCUT2D eigenvalue weighted by atomic mass is 10.1. The van der Waals surface area contributed by atoms with E-state index in [9.17, 15) is 8.78 Å². The Bertz CT molecular complexity index is 496. The molecule has 1 aromatic heterocycles. The number of aromatic nitrogens is 1. The van der Waals surface area contributed by atoms with Crippen molar-refractivity contribution in [2.45, 2.75) is 12.3 Å². The van der Waals surface area contributed by atoms with E-state index < -0.39 is 12.3 Å². The Morgan fingerprint density at radius 2 is 2.06 bits per heavy atom. The van der Waals surface area contributed by atoms with Gasteiger partial charge in [0.15, 0.2) is 0 Å². The Hall–Kier alpha value is -1.13. The highest BCUT2D eigenvalue weighted by Gasteiger charge is 2.22. The van der Waals surface area contributed by atoms with Crippen molar-refractivity contribution in [2.24, 2.45) is 5.73 Å². The zero-order chi connectivity index (χ0) is 11.7. The number of nitrogens with two attached hydrogens (primary N) is 1. The van der Waals surface area contributed by atoms with Crippen LogP contribution in [0.4, 0.5) is 8.78 Å². The van der Waals surface area contributed by atoms with E-state index in [1.807, 2.05) is 0 Å². The zero-order valence-corrected chi connectivity index (χ0v) is 9.14. The second-order valence-electron chi connectivity index (χ2n) is 3.63. The normalized spacial score (nSPS) is 13.6. The zero-order valence-electron chi connectivity index (χ0n) is 8.38. The van der Waals surface area contributed by atoms with Crippen molar-refractivity contribution in [3.8, 4) is 0 Å². The number of alkyl halides is 2. The minimum Gasteiger partial charge on any atom is -0.358 e. The summed E-state index contributed by atoms with van der Waals surface area (Å²) in [7, 11) is 0. The Labute approximate surface area is 96.4 Å². The molecule has 16 heavy (non-hydrogen) atoms. The number of hydrogen-bond acceptors (Lipinski definition) is 1. The first kappa shape index (κ1) is 11.4. The van der Waals surface area contributed by atoms with E-state index in [0.717, 1.165) is 10.9 Å². The van der Waals surface area contributed by atoms with Crippen LogP contribution in [-0.4, -0.2) is 18.0 Å². The monoisotopic (exact) mass is 244 g/mol. The molecule has 0 aliphatic heterocycles. The number of aromatic amines is 1. The largest absolute Gasteiger partial charge is 0.358 e. The summed E-state index contributed by atoms with van der Waals surface area (Å²) in [4.78, 5) is 2.94. The van der Waals surface area contributed by atoms with Gasteiger partial charge in [-0.3, -0.25) is 0 Å². The average molecular weight is 245 g/mol. The van der Waals surface area contributed by atoms with Crippen LogP contribution >= 0.6 is 11.6 Å². The number of nitrogens with one attached hydrogen (secondary N) is 1. The molecule has 0 spiro atoms. The summed E-state index contributed by atoms with van der Waals surface area (Å²) < 4.78 is 25.3. The van der Waals surface area contributed by atoms with Crippen LogP contribution in [0.15, 0.2) is 24.3 Å². The van der Waals surface area contributed by atoms with Gasteiger partial charge in [-0.15, -0.1) is 0 Å². The molecular formula is C11H11ClF2N2. The lowest BCUT2D eigenvalue weighted by Gasteiger charge is -2.10. The van der Waals surface area contributed by atoms with Gasteiger partial charge in [0.05, 0.1) is 5.92 Å². The van der Waals surface area contributed by atoms with E-state index >= 15 is 0 Å². The number of H-pyrrole nitrogens is 1. The standard InChI is InChI=1S/C11H11ClF2N2/c12-7-1-2-9-6(3-7)4-10(16-9)8(5-15)11(13)14/h1-4,8,11,16H,5,15H2. The first-order valence-electron chi connectivity index (χ1n) is 4.88. The molecule has 2 nitrogen and oxygen atoms in total. The highest BCUT2D eigenvalue weighted by molar-refractivity contribution is 6.31. The van der Waals surface area contributed by atoms with Gasteiger partial charge >= 0.3 is 0 Å². The van der Waals surface area contributed by atoms with E-state index in [0.29, 0.717) is 10.7 Å². The number of benzene rings is 1. The van der Waals surface area contributed by atoms with Crippen molar-refractivity contribution in [1.29, 1.82) is 0 Å². The van der Waals surface area contributed by atoms with Crippen molar-refractivity contribution in [2.75, 3.05) is 6.54 Å². The predicted molar refractivity (Wildman–Crippen MR) is 61.1 cm³/mol. The predicted octanol–water partition coefficient (Wildman–Crippen LogP) is 3.13. The minimum atomic E-state index is -2.46. The molecule has 0 aliphatic carbocycles. The SMILES string of the molecule is NCC(c1cc2cc(Cl)ccc2[nH]1)C(F)F. The van der Waals surface area contributed by atoms with Crippen LogP contribution in [0.3, 0.4) is 0 Å². The third-order valence-electron chi connectivity index (χ3n) is 2.56. The van der Waals surface area contributed by atoms with E-state index in [4.69, 9.17) is 17.3 Å². The molecule has 1 unspecified atom stereocenters. The van der Waals surface area contributed by atoms with Crippen LogP contribution in [0.1, 0.15) is 11.6 Å². The van der Waals surface area contributed by atoms with E-state index in [1.165, 1.54) is 0 Å². The summed E-state index contributed by atoms with van der Waals surface area (Å²) in [6, 6.07) is 6.88. The van der Waals surface area contributed by atoms with Crippen molar-refractivity contribution in [1.82, 2.24) is 4.98 Å². The molecule has 0 aliphatic rings. The maximum absolute atomic E-state index is 12.7. The highest BCUT2D eigenvalue weighted by Crippen LogP contribution is 2.27. The van der Waals surface area contributed by atoms with Crippen LogP contribution < -0.4 is 5.73 Å². The first-order valence-corrected chi connectivity index (χ1v) is 5.26. The summed E-state index contributed by atoms with van der Waals surface area (Å²) in [5.41, 5.74) is 6.58. The van der Waals surface area contributed by atoms with Gasteiger partial charge in [-0.2, -0.15) is 0 Å². The molecule has 2 aromatic rings. The number of halogens is 3. The smallest absolute Gasteiger partial charge is 0.248 e. The number of fused-ring (bicyclic) bond motifs is 1. The van der Waals surface area contributed by atoms with Crippen LogP contribution in [0.2, 0.25) is 5.02 Å². The summed E-state index contributed by atoms with van der Waals surface area (Å²) in [6.45, 7) is -0.0851. The topological polar surface area (TPSA) is 41.8 Å². The van der Waals surface area contributed by atoms with Crippen molar-refractivity contribution >= 4 is 22.5 Å². The second-order valence-corrected chi connectivity index (χ2v) is 4.07.